The van der Waals surface area contributed by atoms with E-state index in [4.69, 9.17) is 10.8 Å². The van der Waals surface area contributed by atoms with Gasteiger partial charge in [0.05, 0.1) is 0 Å². The van der Waals surface area contributed by atoms with Crippen LogP contribution in [-0.4, -0.2) is 17.6 Å². The zero-order valence-electron chi connectivity index (χ0n) is 7.62. The van der Waals surface area contributed by atoms with Gasteiger partial charge in [-0.2, -0.15) is 0 Å². The highest BCUT2D eigenvalue weighted by Crippen LogP contribution is 2.21. The third kappa shape index (κ3) is 3.03. The molecule has 3 nitrogen and oxygen atoms in total. The van der Waals surface area contributed by atoms with E-state index in [1.807, 2.05) is 0 Å². The zero-order valence-corrected chi connectivity index (χ0v) is 7.62. The van der Waals surface area contributed by atoms with Crippen LogP contribution in [0.25, 0.3) is 0 Å². The van der Waals surface area contributed by atoms with Gasteiger partial charge in [-0.25, -0.2) is 0 Å². The van der Waals surface area contributed by atoms with Crippen LogP contribution in [0.5, 0.6) is 0 Å². The van der Waals surface area contributed by atoms with Crippen molar-refractivity contribution in [1.29, 1.82) is 0 Å². The minimum absolute atomic E-state index is 0.198. The standard InChI is InChI=1S/C10H15NO2/c11-7-9-4-2-1-3-8(9)5-6-10(12)13/h3-4H,1-2,5-7,11H2,(H,12,13). The molecule has 1 aliphatic carbocycles. The van der Waals surface area contributed by atoms with Gasteiger partial charge in [-0.3, -0.25) is 4.79 Å². The van der Waals surface area contributed by atoms with Crippen LogP contribution in [0.4, 0.5) is 0 Å². The Kier molecular flexibility index (Phi) is 3.71. The molecule has 0 aromatic heterocycles. The fraction of sp³-hybridized carbons (Fsp3) is 0.500. The maximum Gasteiger partial charge on any atom is 0.303 e. The second-order valence-electron chi connectivity index (χ2n) is 3.13. The molecule has 3 heteroatoms. The third-order valence-corrected chi connectivity index (χ3v) is 2.19. The summed E-state index contributed by atoms with van der Waals surface area (Å²) in [6.07, 6.45) is 7.06. The Hall–Kier alpha value is -1.09. The Morgan fingerprint density at radius 2 is 2.00 bits per heavy atom. The third-order valence-electron chi connectivity index (χ3n) is 2.19. The highest BCUT2D eigenvalue weighted by Gasteiger charge is 2.08. The molecule has 0 aromatic carbocycles. The van der Waals surface area contributed by atoms with Gasteiger partial charge in [-0.1, -0.05) is 12.2 Å². The van der Waals surface area contributed by atoms with Gasteiger partial charge in [0, 0.05) is 13.0 Å². The van der Waals surface area contributed by atoms with Crippen LogP contribution in [-0.2, 0) is 4.79 Å². The summed E-state index contributed by atoms with van der Waals surface area (Å²) in [5.41, 5.74) is 7.78. The highest BCUT2D eigenvalue weighted by molar-refractivity contribution is 5.67. The topological polar surface area (TPSA) is 63.3 Å². The van der Waals surface area contributed by atoms with Gasteiger partial charge >= 0.3 is 5.97 Å². The van der Waals surface area contributed by atoms with Crippen molar-refractivity contribution in [3.05, 3.63) is 23.3 Å². The van der Waals surface area contributed by atoms with Crippen LogP contribution in [0.3, 0.4) is 0 Å². The minimum Gasteiger partial charge on any atom is -0.481 e. The lowest BCUT2D eigenvalue weighted by Crippen LogP contribution is -2.09. The van der Waals surface area contributed by atoms with Crippen molar-refractivity contribution < 1.29 is 9.90 Å². The van der Waals surface area contributed by atoms with Gasteiger partial charge in [-0.05, 0) is 30.4 Å². The molecule has 0 spiro atoms. The van der Waals surface area contributed by atoms with Crippen LogP contribution in [0.2, 0.25) is 0 Å². The van der Waals surface area contributed by atoms with Gasteiger partial charge in [-0.15, -0.1) is 0 Å². The van der Waals surface area contributed by atoms with Crippen LogP contribution in [0, 0.1) is 0 Å². The molecule has 0 bridgehead atoms. The molecule has 0 aromatic rings. The molecule has 3 N–H and O–H groups in total. The number of nitrogens with two attached hydrogens (primary N) is 1. The molecule has 0 radical (unpaired) electrons. The minimum atomic E-state index is -0.747. The molecule has 0 heterocycles. The second kappa shape index (κ2) is 4.82. The maximum atomic E-state index is 10.4. The van der Waals surface area contributed by atoms with Crippen molar-refractivity contribution in [2.45, 2.75) is 25.7 Å². The van der Waals surface area contributed by atoms with E-state index in [-0.39, 0.29) is 6.42 Å². The van der Waals surface area contributed by atoms with E-state index in [0.29, 0.717) is 13.0 Å². The van der Waals surface area contributed by atoms with E-state index in [2.05, 4.69) is 12.2 Å². The summed E-state index contributed by atoms with van der Waals surface area (Å²) in [6, 6.07) is 0. The average molecular weight is 181 g/mol. The van der Waals surface area contributed by atoms with Crippen molar-refractivity contribution >= 4 is 5.97 Å². The van der Waals surface area contributed by atoms with Gasteiger partial charge in [0.2, 0.25) is 0 Å². The molecule has 1 aliphatic rings. The molecule has 1 rings (SSSR count). The number of carbonyl (C=O) groups is 1. The summed E-state index contributed by atoms with van der Waals surface area (Å²) in [6.45, 7) is 0.519. The molecule has 0 saturated carbocycles. The van der Waals surface area contributed by atoms with E-state index in [0.717, 1.165) is 24.0 Å². The van der Waals surface area contributed by atoms with Crippen LogP contribution in [0.15, 0.2) is 23.3 Å². The molecule has 0 amide bonds. The largest absolute Gasteiger partial charge is 0.481 e. The van der Waals surface area contributed by atoms with Gasteiger partial charge < -0.3 is 10.8 Å². The number of carboxylic acid groups (broad SMARTS) is 1. The second-order valence-corrected chi connectivity index (χ2v) is 3.13. The van der Waals surface area contributed by atoms with Crippen molar-refractivity contribution in [3.8, 4) is 0 Å². The molecule has 0 aliphatic heterocycles. The van der Waals surface area contributed by atoms with Crippen LogP contribution >= 0.6 is 0 Å². The number of carboxylic acids is 1. The average Bonchev–Trinajstić information content (AvgIpc) is 2.15. The normalized spacial score (nSPS) is 16.4. The Morgan fingerprint density at radius 1 is 1.38 bits per heavy atom. The lowest BCUT2D eigenvalue weighted by Gasteiger charge is -2.13. The van der Waals surface area contributed by atoms with Crippen LogP contribution in [0.1, 0.15) is 25.7 Å². The van der Waals surface area contributed by atoms with Gasteiger partial charge in [0.25, 0.3) is 0 Å². The Labute approximate surface area is 77.9 Å². The lowest BCUT2D eigenvalue weighted by atomic mass is 9.94. The fourth-order valence-corrected chi connectivity index (χ4v) is 1.50. The summed E-state index contributed by atoms with van der Waals surface area (Å²) in [5.74, 6) is -0.747. The summed E-state index contributed by atoms with van der Waals surface area (Å²) < 4.78 is 0. The molecule has 0 fully saturated rings. The predicted octanol–water partition coefficient (Wildman–Crippen LogP) is 1.46. The fourth-order valence-electron chi connectivity index (χ4n) is 1.50. The molecule has 0 unspecified atom stereocenters. The first-order valence-corrected chi connectivity index (χ1v) is 4.54. The summed E-state index contributed by atoms with van der Waals surface area (Å²) in [4.78, 5) is 10.4. The molecule has 0 saturated heterocycles. The molecule has 13 heavy (non-hydrogen) atoms. The van der Waals surface area contributed by atoms with Gasteiger partial charge in [0.15, 0.2) is 0 Å². The molecular formula is C10H15NO2. The predicted molar refractivity (Wildman–Crippen MR) is 51.3 cm³/mol. The number of hydrogen-bond donors (Lipinski definition) is 2. The summed E-state index contributed by atoms with van der Waals surface area (Å²) >= 11 is 0. The van der Waals surface area contributed by atoms with Crippen molar-refractivity contribution in [2.24, 2.45) is 5.73 Å². The summed E-state index contributed by atoms with van der Waals surface area (Å²) in [7, 11) is 0. The first-order valence-electron chi connectivity index (χ1n) is 4.54. The van der Waals surface area contributed by atoms with Crippen molar-refractivity contribution in [2.75, 3.05) is 6.54 Å². The zero-order chi connectivity index (χ0) is 9.68. The lowest BCUT2D eigenvalue weighted by molar-refractivity contribution is -0.136. The first-order chi connectivity index (χ1) is 6.24. The van der Waals surface area contributed by atoms with Crippen molar-refractivity contribution in [3.63, 3.8) is 0 Å². The van der Waals surface area contributed by atoms with Gasteiger partial charge in [0.1, 0.15) is 0 Å². The molecule has 0 atom stereocenters. The number of aliphatic carboxylic acids is 1. The smallest absolute Gasteiger partial charge is 0.303 e. The van der Waals surface area contributed by atoms with E-state index < -0.39 is 5.97 Å². The van der Waals surface area contributed by atoms with E-state index in [9.17, 15) is 4.79 Å². The Morgan fingerprint density at radius 3 is 2.54 bits per heavy atom. The van der Waals surface area contributed by atoms with E-state index >= 15 is 0 Å². The van der Waals surface area contributed by atoms with E-state index in [1.165, 1.54) is 0 Å². The summed E-state index contributed by atoms with van der Waals surface area (Å²) in [5, 5.41) is 8.53. The van der Waals surface area contributed by atoms with Crippen molar-refractivity contribution in [1.82, 2.24) is 0 Å². The quantitative estimate of drug-likeness (QED) is 0.690. The molecule has 72 valence electrons. The SMILES string of the molecule is NCC1=CCCC=C1CCC(=O)O. The number of rotatable bonds is 4. The van der Waals surface area contributed by atoms with E-state index in [1.54, 1.807) is 0 Å². The Balaban J connectivity index is 2.52. The molecular weight excluding hydrogens is 166 g/mol. The monoisotopic (exact) mass is 181 g/mol. The van der Waals surface area contributed by atoms with Crippen LogP contribution < -0.4 is 5.73 Å². The maximum absolute atomic E-state index is 10.4. The number of hydrogen-bond acceptors (Lipinski definition) is 2. The Bertz CT molecular complexity index is 254. The first kappa shape index (κ1) is 9.99. The highest BCUT2D eigenvalue weighted by atomic mass is 16.4. The number of allylic oxidation sites excluding steroid dienone is 2.